The lowest BCUT2D eigenvalue weighted by Gasteiger charge is -2.29. The third-order valence-corrected chi connectivity index (χ3v) is 1.42. The van der Waals surface area contributed by atoms with E-state index in [4.69, 9.17) is 0 Å². The Balaban J connectivity index is -0.0000000136. The van der Waals surface area contributed by atoms with Gasteiger partial charge in [0.15, 0.2) is 5.41 Å². The molecule has 48 heavy (non-hydrogen) atoms. The first kappa shape index (κ1) is 118. The Morgan fingerprint density at radius 3 is 0.667 bits per heavy atom. The smallest absolute Gasteiger partial charge is 0.388 e. The first-order chi connectivity index (χ1) is 16.9. The highest BCUT2D eigenvalue weighted by atomic mass is 32.2. The van der Waals surface area contributed by atoms with Crippen molar-refractivity contribution in [3.05, 3.63) is 0 Å². The summed E-state index contributed by atoms with van der Waals surface area (Å²) in [4.78, 5) is 9.44. The fraction of sp³-hybridized carbons (Fsp3) is 0.971. The first-order valence-electron chi connectivity index (χ1n) is 11.4. The van der Waals surface area contributed by atoms with Crippen LogP contribution in [-0.2, 0) is 19.4 Å². The molecule has 0 aliphatic heterocycles. The second kappa shape index (κ2) is 72.2. The zero-order valence-corrected chi connectivity index (χ0v) is 29.0. The molecule has 0 aliphatic rings. The van der Waals surface area contributed by atoms with Crippen molar-refractivity contribution in [3.63, 3.8) is 0 Å². The van der Waals surface area contributed by atoms with Crippen LogP contribution in [0, 0.1) is 10.8 Å². The molecule has 4 nitrogen and oxygen atoms in total. The zero-order valence-electron chi connectivity index (χ0n) is 27.4. The number of alkyl halides is 8. The van der Waals surface area contributed by atoms with Crippen molar-refractivity contribution in [1.29, 1.82) is 0 Å². The maximum atomic E-state index is 11.6. The van der Waals surface area contributed by atoms with Crippen LogP contribution >= 0.6 is 11.8 Å². The van der Waals surface area contributed by atoms with Crippen molar-refractivity contribution >= 4 is 27.4 Å². The Morgan fingerprint density at radius 1 is 0.625 bits per heavy atom. The van der Waals surface area contributed by atoms with Gasteiger partial charge in [0.2, 0.25) is 0 Å². The molecule has 0 heterocycles. The summed E-state index contributed by atoms with van der Waals surface area (Å²) in [5, 5.41) is 0. The largest absolute Gasteiger partial charge is 0.402 e. The third kappa shape index (κ3) is 296. The van der Waals surface area contributed by atoms with Gasteiger partial charge in [-0.3, -0.25) is 8.78 Å². The molecule has 0 radical (unpaired) electrons. The Bertz CT molecular complexity index is 507. The van der Waals surface area contributed by atoms with Crippen molar-refractivity contribution in [2.45, 2.75) is 162 Å². The van der Waals surface area contributed by atoms with Gasteiger partial charge in [-0.05, 0) is 52.5 Å². The number of rotatable bonds is 0. The molecule has 0 aromatic heterocycles. The van der Waals surface area contributed by atoms with Gasteiger partial charge in [0.1, 0.15) is 15.6 Å². The fourth-order valence-corrected chi connectivity index (χ4v) is 0.161. The molecule has 0 unspecified atom stereocenters. The van der Waals surface area contributed by atoms with Gasteiger partial charge in [-0.2, -0.15) is 38.1 Å². The molecule has 0 rings (SSSR count). The minimum absolute atomic E-state index is 0. The van der Waals surface area contributed by atoms with E-state index < -0.39 is 27.6 Å². The van der Waals surface area contributed by atoms with Gasteiger partial charge in [0.25, 0.3) is 0 Å². The maximum absolute atomic E-state index is 11.6. The standard InChI is InChI=1S/C5H6F6.C5H12.C3H6O.C3H8.C2H5F.C2H6O2S.C2H6O.C2H6S.CH3F.9CH4/c1-3(2,4(6,7)8)5(9,10)11;1-5(2,3)4;1-3(2)4;1-3-2;1-2-3;1-5(2,3)4;2*1-3-2;1-2;;;;;;;;;/h1-2H3;1-4H3;1-2H3;3H2,1-2H3;2H2,1H3;1-2H3;2*1-2H3;1H3;9*1H4. The molecule has 0 atom stereocenters. The minimum atomic E-state index is -5.24. The first-order valence-corrected chi connectivity index (χ1v) is 15.3. The average Bonchev–Trinajstić information content (AvgIpc) is 2.61. The third-order valence-electron chi connectivity index (χ3n) is 1.42. The van der Waals surface area contributed by atoms with Gasteiger partial charge < -0.3 is 9.53 Å². The number of ether oxygens (including phenoxy) is 1. The Kier molecular flexibility index (Phi) is 178. The van der Waals surface area contributed by atoms with Crippen LogP contribution < -0.4 is 0 Å². The summed E-state index contributed by atoms with van der Waals surface area (Å²) in [6.07, 6.45) is -2.84. The number of sulfone groups is 1. The molecular weight excluding hydrogens is 688 g/mol. The van der Waals surface area contributed by atoms with Crippen LogP contribution in [0.25, 0.3) is 0 Å². The molecule has 0 N–H and O–H groups in total. The lowest BCUT2D eigenvalue weighted by molar-refractivity contribution is -0.327. The lowest BCUT2D eigenvalue weighted by atomic mass is 9.92. The number of halogens is 8. The number of carbonyl (C=O) groups excluding carboxylic acids is 1. The van der Waals surface area contributed by atoms with Crippen LogP contribution in [0.1, 0.15) is 149 Å². The molecule has 0 fully saturated rings. The van der Waals surface area contributed by atoms with E-state index in [0.29, 0.717) is 12.6 Å². The number of ketones is 1. The van der Waals surface area contributed by atoms with E-state index in [2.05, 4.69) is 46.3 Å². The summed E-state index contributed by atoms with van der Waals surface area (Å²) in [6.45, 7) is 17.5. The van der Waals surface area contributed by atoms with Crippen molar-refractivity contribution in [3.8, 4) is 0 Å². The van der Waals surface area contributed by atoms with E-state index in [9.17, 15) is 48.3 Å². The summed E-state index contributed by atoms with van der Waals surface area (Å²) in [7, 11) is 1.08. The summed E-state index contributed by atoms with van der Waals surface area (Å²) < 4.78 is 113. The van der Waals surface area contributed by atoms with Crippen molar-refractivity contribution in [1.82, 2.24) is 0 Å². The molecule has 0 aromatic rings. The van der Waals surface area contributed by atoms with Gasteiger partial charge in [-0.1, -0.05) is 115 Å². The lowest BCUT2D eigenvalue weighted by Crippen LogP contribution is -2.44. The topological polar surface area (TPSA) is 60.4 Å². The SMILES string of the molecule is C.C.C.C.C.C.C.C.C.CC(C)(C(F)(F)F)C(F)(F)F.CC(C)(C)C.CC(C)=O.CCC.CCF.CF.COC.CS(C)(=O)=O.CSC. The number of hydrogen-bond acceptors (Lipinski definition) is 5. The summed E-state index contributed by atoms with van der Waals surface area (Å²) in [5.41, 5.74) is -3.12. The predicted octanol–water partition coefficient (Wildman–Crippen LogP) is 15.4. The highest BCUT2D eigenvalue weighted by Crippen LogP contribution is 2.49. The molecule has 0 aliphatic carbocycles. The second-order valence-corrected chi connectivity index (χ2v) is 12.6. The van der Waals surface area contributed by atoms with Gasteiger partial charge in [-0.25, -0.2) is 8.42 Å². The minimum Gasteiger partial charge on any atom is -0.388 e. The van der Waals surface area contributed by atoms with E-state index in [1.807, 2.05) is 12.5 Å². The normalized spacial score (nSPS) is 8.12. The van der Waals surface area contributed by atoms with Crippen molar-refractivity contribution < 1.29 is 53.1 Å². The monoisotopic (exact) mass is 783 g/mol. The molecule has 0 amide bonds. The molecule has 14 heteroatoms. The van der Waals surface area contributed by atoms with E-state index in [1.54, 1.807) is 26.0 Å². The van der Waals surface area contributed by atoms with E-state index >= 15 is 0 Å². The molecule has 0 bridgehead atoms. The summed E-state index contributed by atoms with van der Waals surface area (Å²) >= 11 is 1.75. The number of thioether (sulfide) groups is 1. The van der Waals surface area contributed by atoms with E-state index in [0.717, 1.165) is 12.5 Å². The average molecular weight is 783 g/mol. The molecular formula is C34H94F8O4S2. The molecule has 0 saturated carbocycles. The molecule has 0 saturated heterocycles. The summed E-state index contributed by atoms with van der Waals surface area (Å²) in [5.74, 6) is 0.167. The van der Waals surface area contributed by atoms with Gasteiger partial charge in [0.05, 0.1) is 13.9 Å². The quantitative estimate of drug-likeness (QED) is 0.229. The van der Waals surface area contributed by atoms with Crippen molar-refractivity contribution in [2.75, 3.05) is 53.1 Å². The maximum Gasteiger partial charge on any atom is 0.402 e. The Labute approximate surface area is 305 Å². The molecule has 322 valence electrons. The van der Waals surface area contributed by atoms with Crippen LogP contribution in [-0.4, -0.2) is 79.6 Å². The van der Waals surface area contributed by atoms with E-state index in [1.165, 1.54) is 27.2 Å². The Morgan fingerprint density at radius 2 is 0.667 bits per heavy atom. The second-order valence-electron chi connectivity index (χ2n) is 9.46. The number of methoxy groups -OCH3 is 1. The van der Waals surface area contributed by atoms with Gasteiger partial charge in [0, 0.05) is 26.7 Å². The van der Waals surface area contributed by atoms with E-state index in [-0.39, 0.29) is 93.1 Å². The van der Waals surface area contributed by atoms with Crippen LogP contribution in [0.5, 0.6) is 0 Å². The number of carbonyl (C=O) groups is 1. The highest BCUT2D eigenvalue weighted by molar-refractivity contribution is 7.97. The van der Waals surface area contributed by atoms with Crippen LogP contribution in [0.2, 0.25) is 0 Å². The fourth-order valence-electron chi connectivity index (χ4n) is 0.161. The van der Waals surface area contributed by atoms with Crippen LogP contribution in [0.3, 0.4) is 0 Å². The number of Topliss-reactive ketones (excluding diaryl/α,β-unsaturated/α-hetero) is 1. The van der Waals surface area contributed by atoms with Crippen LogP contribution in [0.4, 0.5) is 35.1 Å². The van der Waals surface area contributed by atoms with Crippen molar-refractivity contribution in [2.24, 2.45) is 10.8 Å². The zero-order chi connectivity index (χ0) is 34.9. The molecule has 0 spiro atoms. The summed E-state index contributed by atoms with van der Waals surface area (Å²) in [6, 6.07) is 0. The molecule has 0 aromatic carbocycles. The number of hydrogen-bond donors (Lipinski definition) is 0. The highest BCUT2D eigenvalue weighted by Gasteiger charge is 2.64. The predicted molar refractivity (Wildman–Crippen MR) is 216 cm³/mol. The van der Waals surface area contributed by atoms with Gasteiger partial charge in [-0.15, -0.1) is 0 Å². The van der Waals surface area contributed by atoms with Gasteiger partial charge >= 0.3 is 12.4 Å². The van der Waals surface area contributed by atoms with Crippen LogP contribution in [0.15, 0.2) is 0 Å². The Hall–Kier alpha value is -0.630.